The van der Waals surface area contributed by atoms with Crippen LogP contribution in [0.1, 0.15) is 26.5 Å². The van der Waals surface area contributed by atoms with Crippen molar-refractivity contribution in [3.63, 3.8) is 0 Å². The molecule has 11 heteroatoms. The number of ether oxygens (including phenoxy) is 2. The third kappa shape index (κ3) is 5.57. The molecule has 1 aromatic heterocycles. The van der Waals surface area contributed by atoms with E-state index in [4.69, 9.17) is 14.5 Å². The lowest BCUT2D eigenvalue weighted by atomic mass is 10.1. The second-order valence-electron chi connectivity index (χ2n) is 9.44. The van der Waals surface area contributed by atoms with Crippen molar-refractivity contribution in [2.75, 3.05) is 62.5 Å². The van der Waals surface area contributed by atoms with Gasteiger partial charge in [0.25, 0.3) is 0 Å². The maximum Gasteiger partial charge on any atom is 0.321 e. The predicted octanol–water partition coefficient (Wildman–Crippen LogP) is 2.51. The summed E-state index contributed by atoms with van der Waals surface area (Å²) in [7, 11) is -3.44. The lowest BCUT2D eigenvalue weighted by Crippen LogP contribution is -2.44. The minimum Gasteiger partial charge on any atom is -0.378 e. The average molecular weight is 504 g/mol. The van der Waals surface area contributed by atoms with Gasteiger partial charge in [-0.05, 0) is 45.0 Å². The number of hydrogen-bond acceptors (Lipinski definition) is 8. The number of sulfone groups is 1. The van der Waals surface area contributed by atoms with E-state index >= 15 is 0 Å². The number of nitrogens with zero attached hydrogens (tertiary/aromatic N) is 4. The first-order valence-electron chi connectivity index (χ1n) is 11.7. The molecule has 3 heterocycles. The van der Waals surface area contributed by atoms with Crippen molar-refractivity contribution in [2.45, 2.75) is 31.6 Å². The summed E-state index contributed by atoms with van der Waals surface area (Å²) in [6.45, 7) is 9.36. The molecular formula is C24H33N5O5S. The van der Waals surface area contributed by atoms with Gasteiger partial charge >= 0.3 is 6.03 Å². The van der Waals surface area contributed by atoms with Crippen LogP contribution in [0.15, 0.2) is 30.3 Å². The Balaban J connectivity index is 1.65. The molecule has 2 aliphatic rings. The fourth-order valence-corrected chi connectivity index (χ4v) is 4.43. The second-order valence-corrected chi connectivity index (χ2v) is 12.0. The molecule has 190 valence electrons. The van der Waals surface area contributed by atoms with Gasteiger partial charge in [-0.3, -0.25) is 0 Å². The molecule has 35 heavy (non-hydrogen) atoms. The Morgan fingerprint density at radius 2 is 1.71 bits per heavy atom. The summed E-state index contributed by atoms with van der Waals surface area (Å²) in [5.41, 5.74) is 1.81. The quantitative estimate of drug-likeness (QED) is 0.662. The first-order valence-corrected chi connectivity index (χ1v) is 13.6. The normalized spacial score (nSPS) is 19.5. The molecular weight excluding hydrogens is 470 g/mol. The molecule has 0 radical (unpaired) electrons. The predicted molar refractivity (Wildman–Crippen MR) is 134 cm³/mol. The average Bonchev–Trinajstić information content (AvgIpc) is 2.84. The molecule has 1 N–H and O–H groups in total. The number of rotatable bonds is 5. The number of amides is 2. The fraction of sp³-hybridized carbons (Fsp3) is 0.542. The SMILES string of the molecule is C[C@H]1COCCN1c1cc(C(C)(C)S(C)(=O)=O)nc(-c2ccc(NC(=O)N3CCOCC3)cc2)n1. The molecule has 4 rings (SSSR count). The van der Waals surface area contributed by atoms with Crippen LogP contribution in [0.4, 0.5) is 16.3 Å². The Morgan fingerprint density at radius 3 is 2.34 bits per heavy atom. The van der Waals surface area contributed by atoms with Crippen molar-refractivity contribution in [3.8, 4) is 11.4 Å². The molecule has 2 amide bonds. The van der Waals surface area contributed by atoms with Gasteiger partial charge in [0.1, 0.15) is 10.6 Å². The molecule has 10 nitrogen and oxygen atoms in total. The van der Waals surface area contributed by atoms with Crippen LogP contribution in [-0.4, -0.2) is 87.7 Å². The van der Waals surface area contributed by atoms with Crippen LogP contribution in [0.5, 0.6) is 0 Å². The smallest absolute Gasteiger partial charge is 0.321 e. The van der Waals surface area contributed by atoms with Crippen LogP contribution in [0.2, 0.25) is 0 Å². The lowest BCUT2D eigenvalue weighted by Gasteiger charge is -2.35. The highest BCUT2D eigenvalue weighted by Gasteiger charge is 2.35. The number of carbonyl (C=O) groups excluding carboxylic acids is 1. The van der Waals surface area contributed by atoms with Crippen molar-refractivity contribution < 1.29 is 22.7 Å². The Labute approximate surface area is 206 Å². The van der Waals surface area contributed by atoms with Crippen molar-refractivity contribution in [1.82, 2.24) is 14.9 Å². The van der Waals surface area contributed by atoms with E-state index in [9.17, 15) is 13.2 Å². The third-order valence-corrected chi connectivity index (χ3v) is 8.67. The van der Waals surface area contributed by atoms with E-state index in [1.165, 1.54) is 6.26 Å². The monoisotopic (exact) mass is 503 g/mol. The summed E-state index contributed by atoms with van der Waals surface area (Å²) in [4.78, 5) is 25.8. The molecule has 2 fully saturated rings. The molecule has 0 spiro atoms. The number of carbonyl (C=O) groups is 1. The summed E-state index contributed by atoms with van der Waals surface area (Å²) in [6.07, 6.45) is 1.22. The molecule has 0 aliphatic carbocycles. The number of morpholine rings is 2. The van der Waals surface area contributed by atoms with Crippen LogP contribution in [0, 0.1) is 0 Å². The molecule has 1 aromatic carbocycles. The minimum absolute atomic E-state index is 0.0958. The number of aromatic nitrogens is 2. The summed E-state index contributed by atoms with van der Waals surface area (Å²) < 4.78 is 34.8. The van der Waals surface area contributed by atoms with Crippen molar-refractivity contribution >= 4 is 27.4 Å². The zero-order valence-electron chi connectivity index (χ0n) is 20.7. The van der Waals surface area contributed by atoms with Crippen LogP contribution < -0.4 is 10.2 Å². The van der Waals surface area contributed by atoms with Crippen LogP contribution in [-0.2, 0) is 24.1 Å². The maximum atomic E-state index is 12.6. The number of anilines is 2. The Morgan fingerprint density at radius 1 is 1.06 bits per heavy atom. The third-order valence-electron chi connectivity index (χ3n) is 6.61. The van der Waals surface area contributed by atoms with Gasteiger partial charge in [-0.25, -0.2) is 23.2 Å². The van der Waals surface area contributed by atoms with Gasteiger partial charge in [0, 0.05) is 43.2 Å². The van der Waals surface area contributed by atoms with Gasteiger partial charge < -0.3 is 24.6 Å². The highest BCUT2D eigenvalue weighted by atomic mass is 32.2. The Kier molecular flexibility index (Phi) is 7.30. The van der Waals surface area contributed by atoms with Gasteiger partial charge in [-0.15, -0.1) is 0 Å². The van der Waals surface area contributed by atoms with Gasteiger partial charge in [0.05, 0.1) is 38.2 Å². The number of nitrogens with one attached hydrogen (secondary N) is 1. The van der Waals surface area contributed by atoms with Gasteiger partial charge in [0.15, 0.2) is 15.7 Å². The van der Waals surface area contributed by atoms with E-state index in [-0.39, 0.29) is 12.1 Å². The van der Waals surface area contributed by atoms with Crippen molar-refractivity contribution in [2.24, 2.45) is 0 Å². The molecule has 0 saturated carbocycles. The minimum atomic E-state index is -3.44. The number of hydrogen-bond donors (Lipinski definition) is 1. The first-order chi connectivity index (χ1) is 16.6. The van der Waals surface area contributed by atoms with E-state index in [1.54, 1.807) is 36.9 Å². The molecule has 1 atom stereocenters. The zero-order chi connectivity index (χ0) is 25.2. The van der Waals surface area contributed by atoms with Crippen LogP contribution in [0.3, 0.4) is 0 Å². The zero-order valence-corrected chi connectivity index (χ0v) is 21.5. The number of benzene rings is 1. The van der Waals surface area contributed by atoms with Gasteiger partial charge in [-0.1, -0.05) is 0 Å². The van der Waals surface area contributed by atoms with Gasteiger partial charge in [-0.2, -0.15) is 0 Å². The highest BCUT2D eigenvalue weighted by Crippen LogP contribution is 2.32. The summed E-state index contributed by atoms with van der Waals surface area (Å²) in [5.74, 6) is 1.10. The summed E-state index contributed by atoms with van der Waals surface area (Å²) in [6, 6.07) is 8.94. The highest BCUT2D eigenvalue weighted by molar-refractivity contribution is 7.91. The van der Waals surface area contributed by atoms with Crippen molar-refractivity contribution in [1.29, 1.82) is 0 Å². The van der Waals surface area contributed by atoms with E-state index in [0.717, 1.165) is 5.56 Å². The summed E-state index contributed by atoms with van der Waals surface area (Å²) >= 11 is 0. The molecule has 0 bridgehead atoms. The summed E-state index contributed by atoms with van der Waals surface area (Å²) in [5, 5.41) is 2.90. The van der Waals surface area contributed by atoms with E-state index < -0.39 is 14.6 Å². The van der Waals surface area contributed by atoms with E-state index in [0.29, 0.717) is 69.1 Å². The second kappa shape index (κ2) is 10.1. The fourth-order valence-electron chi connectivity index (χ4n) is 3.95. The molecule has 2 aromatic rings. The Hall–Kier alpha value is -2.76. The van der Waals surface area contributed by atoms with Crippen molar-refractivity contribution in [3.05, 3.63) is 36.0 Å². The standard InChI is InChI=1S/C24H33N5O5S/c1-17-16-34-14-11-29(17)21-15-20(24(2,3)35(4,31)32)26-22(27-21)18-5-7-19(8-6-18)25-23(30)28-9-12-33-13-10-28/h5-8,15,17H,9-14,16H2,1-4H3,(H,25,30)/t17-/m0/s1. The van der Waals surface area contributed by atoms with Crippen LogP contribution >= 0.6 is 0 Å². The Bertz CT molecular complexity index is 1160. The van der Waals surface area contributed by atoms with Gasteiger partial charge in [0.2, 0.25) is 0 Å². The largest absolute Gasteiger partial charge is 0.378 e. The maximum absolute atomic E-state index is 12.6. The van der Waals surface area contributed by atoms with E-state index in [1.807, 2.05) is 19.1 Å². The molecule has 0 unspecified atom stereocenters. The first kappa shape index (κ1) is 25.3. The topological polar surface area (TPSA) is 114 Å². The molecule has 2 aliphatic heterocycles. The lowest BCUT2D eigenvalue weighted by molar-refractivity contribution is 0.0564. The van der Waals surface area contributed by atoms with E-state index in [2.05, 4.69) is 15.2 Å². The molecule has 2 saturated heterocycles. The van der Waals surface area contributed by atoms with Crippen LogP contribution in [0.25, 0.3) is 11.4 Å². The number of urea groups is 1.